The minimum atomic E-state index is -0.953. The minimum absolute atomic E-state index is 0.0757. The summed E-state index contributed by atoms with van der Waals surface area (Å²) in [7, 11) is 0. The van der Waals surface area contributed by atoms with E-state index in [0.717, 1.165) is 19.2 Å². The molecule has 0 aromatic heterocycles. The Balaban J connectivity index is 2.12. The van der Waals surface area contributed by atoms with Crippen molar-refractivity contribution in [2.75, 3.05) is 26.2 Å². The SMILES string of the molecule is CCN(CC)CCN1C(=O)C(=O)/C(=C(/O)c2ccc(C)c(F)c2)C1c1ccc([N+](=O)[O-])cc1. The molecule has 2 aromatic rings. The second-order valence-electron chi connectivity index (χ2n) is 7.83. The molecule has 2 aromatic carbocycles. The smallest absolute Gasteiger partial charge is 0.295 e. The van der Waals surface area contributed by atoms with Gasteiger partial charge in [0.25, 0.3) is 17.4 Å². The van der Waals surface area contributed by atoms with Crippen LogP contribution in [-0.2, 0) is 9.59 Å². The van der Waals surface area contributed by atoms with Crippen molar-refractivity contribution >= 4 is 23.1 Å². The third-order valence-corrected chi connectivity index (χ3v) is 5.96. The number of halogens is 1. The average molecular weight is 455 g/mol. The topological polar surface area (TPSA) is 104 Å². The van der Waals surface area contributed by atoms with Crippen LogP contribution in [0.3, 0.4) is 0 Å². The third kappa shape index (κ3) is 4.78. The molecule has 1 saturated heterocycles. The van der Waals surface area contributed by atoms with Gasteiger partial charge in [0.2, 0.25) is 0 Å². The molecule has 9 heteroatoms. The van der Waals surface area contributed by atoms with E-state index in [0.29, 0.717) is 17.7 Å². The van der Waals surface area contributed by atoms with Crippen molar-refractivity contribution in [3.8, 4) is 0 Å². The van der Waals surface area contributed by atoms with Crippen LogP contribution in [0.15, 0.2) is 48.0 Å². The molecule has 3 rings (SSSR count). The van der Waals surface area contributed by atoms with E-state index in [4.69, 9.17) is 0 Å². The maximum Gasteiger partial charge on any atom is 0.295 e. The van der Waals surface area contributed by atoms with Crippen molar-refractivity contribution in [1.82, 2.24) is 9.80 Å². The van der Waals surface area contributed by atoms with Crippen LogP contribution in [0.5, 0.6) is 0 Å². The molecule has 1 unspecified atom stereocenters. The fourth-order valence-electron chi connectivity index (χ4n) is 3.92. The highest BCUT2D eigenvalue weighted by Gasteiger charge is 2.46. The molecule has 1 heterocycles. The molecule has 1 N–H and O–H groups in total. The van der Waals surface area contributed by atoms with E-state index in [1.165, 1.54) is 41.3 Å². The highest BCUT2D eigenvalue weighted by molar-refractivity contribution is 6.46. The summed E-state index contributed by atoms with van der Waals surface area (Å²) in [5.41, 5.74) is 0.578. The number of Topliss-reactive ketones (excluding diaryl/α,β-unsaturated/α-hetero) is 1. The minimum Gasteiger partial charge on any atom is -0.507 e. The van der Waals surface area contributed by atoms with Gasteiger partial charge in [-0.25, -0.2) is 4.39 Å². The molecule has 1 aliphatic heterocycles. The Bertz CT molecular complexity index is 1110. The van der Waals surface area contributed by atoms with E-state index in [-0.39, 0.29) is 23.4 Å². The predicted molar refractivity (Wildman–Crippen MR) is 121 cm³/mol. The van der Waals surface area contributed by atoms with Gasteiger partial charge in [0.15, 0.2) is 0 Å². The molecule has 0 spiro atoms. The van der Waals surface area contributed by atoms with Crippen LogP contribution >= 0.6 is 0 Å². The summed E-state index contributed by atoms with van der Waals surface area (Å²) in [5.74, 6) is -2.70. The number of aliphatic hydroxyl groups is 1. The summed E-state index contributed by atoms with van der Waals surface area (Å²) >= 11 is 0. The number of nitrogens with zero attached hydrogens (tertiary/aromatic N) is 3. The van der Waals surface area contributed by atoms with Gasteiger partial charge >= 0.3 is 0 Å². The molecule has 0 saturated carbocycles. The zero-order valence-corrected chi connectivity index (χ0v) is 18.7. The number of carbonyl (C=O) groups excluding carboxylic acids is 2. The first kappa shape index (κ1) is 24.1. The van der Waals surface area contributed by atoms with Gasteiger partial charge < -0.3 is 14.9 Å². The zero-order chi connectivity index (χ0) is 24.3. The van der Waals surface area contributed by atoms with Gasteiger partial charge in [0, 0.05) is 30.8 Å². The average Bonchev–Trinajstić information content (AvgIpc) is 3.06. The molecule has 8 nitrogen and oxygen atoms in total. The monoisotopic (exact) mass is 455 g/mol. The molecule has 174 valence electrons. The van der Waals surface area contributed by atoms with Crippen molar-refractivity contribution in [2.45, 2.75) is 26.8 Å². The van der Waals surface area contributed by atoms with Crippen LogP contribution in [0.1, 0.15) is 36.6 Å². The lowest BCUT2D eigenvalue weighted by Crippen LogP contribution is -2.38. The Morgan fingerprint density at radius 2 is 1.79 bits per heavy atom. The quantitative estimate of drug-likeness (QED) is 0.213. The number of hydrogen-bond donors (Lipinski definition) is 1. The first-order valence-corrected chi connectivity index (χ1v) is 10.7. The number of amides is 1. The summed E-state index contributed by atoms with van der Waals surface area (Å²) in [5, 5.41) is 22.0. The largest absolute Gasteiger partial charge is 0.507 e. The number of non-ortho nitro benzene ring substituents is 1. The number of nitro benzene ring substituents is 1. The summed E-state index contributed by atoms with van der Waals surface area (Å²) in [6, 6.07) is 8.60. The number of nitro groups is 1. The number of aryl methyl sites for hydroxylation is 1. The number of rotatable bonds is 8. The molecule has 1 amide bonds. The fraction of sp³-hybridized carbons (Fsp3) is 0.333. The molecule has 0 aliphatic carbocycles. The molecule has 1 atom stereocenters. The van der Waals surface area contributed by atoms with Crippen molar-refractivity contribution in [3.63, 3.8) is 0 Å². The fourth-order valence-corrected chi connectivity index (χ4v) is 3.92. The Morgan fingerprint density at radius 3 is 2.33 bits per heavy atom. The Labute approximate surface area is 191 Å². The number of likely N-dealkylation sites (tertiary alicyclic amines) is 1. The second kappa shape index (κ2) is 9.91. The molecule has 1 aliphatic rings. The van der Waals surface area contributed by atoms with Gasteiger partial charge in [-0.3, -0.25) is 19.7 Å². The number of aliphatic hydroxyl groups excluding tert-OH is 1. The summed E-state index contributed by atoms with van der Waals surface area (Å²) in [6.45, 7) is 7.77. The molecule has 1 fully saturated rings. The van der Waals surface area contributed by atoms with Crippen LogP contribution in [0, 0.1) is 22.9 Å². The summed E-state index contributed by atoms with van der Waals surface area (Å²) < 4.78 is 14.1. The number of ketones is 1. The van der Waals surface area contributed by atoms with Crippen molar-refractivity contribution in [1.29, 1.82) is 0 Å². The van der Waals surface area contributed by atoms with Crippen molar-refractivity contribution in [3.05, 3.63) is 80.7 Å². The Morgan fingerprint density at radius 1 is 1.15 bits per heavy atom. The van der Waals surface area contributed by atoms with Crippen LogP contribution < -0.4 is 0 Å². The Kier molecular flexibility index (Phi) is 7.23. The highest BCUT2D eigenvalue weighted by atomic mass is 19.1. The molecule has 33 heavy (non-hydrogen) atoms. The lowest BCUT2D eigenvalue weighted by atomic mass is 9.95. The standard InChI is InChI=1S/C24H26FN3O5/c1-4-26(5-2)12-13-27-21(16-8-10-18(11-9-16)28(32)33)20(23(30)24(27)31)22(29)17-7-6-15(3)19(25)14-17/h6-11,14,21,29H,4-5,12-13H2,1-3H3/b22-20+. The van der Waals surface area contributed by atoms with Crippen molar-refractivity contribution < 1.29 is 24.0 Å². The molecule has 0 radical (unpaired) electrons. The first-order chi connectivity index (χ1) is 15.7. The highest BCUT2D eigenvalue weighted by Crippen LogP contribution is 2.39. The van der Waals surface area contributed by atoms with Gasteiger partial charge in [0.1, 0.15) is 11.6 Å². The lowest BCUT2D eigenvalue weighted by Gasteiger charge is -2.28. The van der Waals surface area contributed by atoms with E-state index < -0.39 is 34.2 Å². The van der Waals surface area contributed by atoms with Crippen LogP contribution in [0.25, 0.3) is 5.76 Å². The Hall–Kier alpha value is -3.59. The molecular formula is C24H26FN3O5. The zero-order valence-electron chi connectivity index (χ0n) is 18.7. The summed E-state index contributed by atoms with van der Waals surface area (Å²) in [4.78, 5) is 39.9. The van der Waals surface area contributed by atoms with Crippen LogP contribution in [0.2, 0.25) is 0 Å². The maximum atomic E-state index is 14.1. The predicted octanol–water partition coefficient (Wildman–Crippen LogP) is 3.81. The van der Waals surface area contributed by atoms with Gasteiger partial charge in [-0.05, 0) is 49.3 Å². The van der Waals surface area contributed by atoms with Crippen LogP contribution in [0.4, 0.5) is 10.1 Å². The maximum absolute atomic E-state index is 14.1. The normalized spacial score (nSPS) is 17.7. The number of hydrogen-bond acceptors (Lipinski definition) is 6. The van der Waals surface area contributed by atoms with Gasteiger partial charge in [-0.1, -0.05) is 26.0 Å². The van der Waals surface area contributed by atoms with E-state index in [1.54, 1.807) is 6.92 Å². The van der Waals surface area contributed by atoms with E-state index in [9.17, 15) is 29.2 Å². The van der Waals surface area contributed by atoms with E-state index >= 15 is 0 Å². The lowest BCUT2D eigenvalue weighted by molar-refractivity contribution is -0.384. The molecular weight excluding hydrogens is 429 g/mol. The number of carbonyl (C=O) groups is 2. The van der Waals surface area contributed by atoms with Gasteiger partial charge in [0.05, 0.1) is 16.5 Å². The number of likely N-dealkylation sites (N-methyl/N-ethyl adjacent to an activating group) is 1. The van der Waals surface area contributed by atoms with Gasteiger partial charge in [-0.2, -0.15) is 0 Å². The van der Waals surface area contributed by atoms with E-state index in [1.807, 2.05) is 13.8 Å². The van der Waals surface area contributed by atoms with Gasteiger partial charge in [-0.15, -0.1) is 0 Å². The van der Waals surface area contributed by atoms with Crippen molar-refractivity contribution in [2.24, 2.45) is 0 Å². The van der Waals surface area contributed by atoms with Crippen LogP contribution in [-0.4, -0.2) is 57.7 Å². The summed E-state index contributed by atoms with van der Waals surface area (Å²) in [6.07, 6.45) is 0. The number of benzene rings is 2. The third-order valence-electron chi connectivity index (χ3n) is 5.96. The second-order valence-corrected chi connectivity index (χ2v) is 7.83. The van der Waals surface area contributed by atoms with E-state index in [2.05, 4.69) is 4.90 Å². The molecule has 0 bridgehead atoms. The first-order valence-electron chi connectivity index (χ1n) is 10.7.